The van der Waals surface area contributed by atoms with E-state index in [1.54, 1.807) is 28.7 Å². The van der Waals surface area contributed by atoms with Crippen molar-refractivity contribution in [2.24, 2.45) is 0 Å². The molecule has 0 radical (unpaired) electrons. The van der Waals surface area contributed by atoms with E-state index in [0.29, 0.717) is 18.8 Å². The normalized spacial score (nSPS) is 11.1. The molecule has 0 aliphatic heterocycles. The predicted octanol–water partition coefficient (Wildman–Crippen LogP) is 3.58. The Bertz CT molecular complexity index is 1190. The maximum atomic E-state index is 12.5. The standard InChI is InChI=1S/C22H26N8OS/c1-3-10-23-19-16-14-25-30(20(16)27-22(26-19)32-4-2)12-11-24-21(31)18-13-17(28-29-18)15-8-6-5-7-9-15/h5-9,13-14H,3-4,10-12H2,1-2H3,(H,24,31)(H,28,29)(H,23,26,27). The van der Waals surface area contributed by atoms with Gasteiger partial charge in [0.05, 0.1) is 23.8 Å². The SMILES string of the molecule is CCCNc1nc(SCC)nc2c1cnn2CCNC(=O)c1cc(-c2ccccc2)n[nH]1. The summed E-state index contributed by atoms with van der Waals surface area (Å²) in [5.74, 6) is 1.48. The summed E-state index contributed by atoms with van der Waals surface area (Å²) in [5, 5.41) is 19.4. The second kappa shape index (κ2) is 10.3. The highest BCUT2D eigenvalue weighted by Crippen LogP contribution is 2.24. The van der Waals surface area contributed by atoms with E-state index in [2.05, 4.69) is 49.7 Å². The van der Waals surface area contributed by atoms with Crippen LogP contribution < -0.4 is 10.6 Å². The highest BCUT2D eigenvalue weighted by molar-refractivity contribution is 7.99. The van der Waals surface area contributed by atoms with Crippen molar-refractivity contribution in [1.82, 2.24) is 35.3 Å². The van der Waals surface area contributed by atoms with Crippen LogP contribution in [0.15, 0.2) is 47.8 Å². The fraction of sp³-hybridized carbons (Fsp3) is 0.318. The van der Waals surface area contributed by atoms with Crippen LogP contribution in [0.4, 0.5) is 5.82 Å². The van der Waals surface area contributed by atoms with Crippen molar-refractivity contribution in [2.45, 2.75) is 32.0 Å². The molecule has 3 N–H and O–H groups in total. The Hall–Kier alpha value is -3.40. The van der Waals surface area contributed by atoms with E-state index in [1.165, 1.54) is 0 Å². The fourth-order valence-corrected chi connectivity index (χ4v) is 3.80. The van der Waals surface area contributed by atoms with Gasteiger partial charge in [0.15, 0.2) is 10.8 Å². The van der Waals surface area contributed by atoms with Crippen LogP contribution in [-0.2, 0) is 6.54 Å². The van der Waals surface area contributed by atoms with Gasteiger partial charge in [-0.1, -0.05) is 55.9 Å². The van der Waals surface area contributed by atoms with Crippen LogP contribution in [0.2, 0.25) is 0 Å². The summed E-state index contributed by atoms with van der Waals surface area (Å²) in [6, 6.07) is 11.5. The van der Waals surface area contributed by atoms with Crippen LogP contribution in [0, 0.1) is 0 Å². The van der Waals surface area contributed by atoms with E-state index in [1.807, 2.05) is 30.3 Å². The molecule has 4 rings (SSSR count). The average molecular weight is 451 g/mol. The fourth-order valence-electron chi connectivity index (χ4n) is 3.24. The molecule has 0 unspecified atom stereocenters. The summed E-state index contributed by atoms with van der Waals surface area (Å²) >= 11 is 1.59. The molecule has 0 fully saturated rings. The maximum absolute atomic E-state index is 12.5. The number of carbonyl (C=O) groups is 1. The van der Waals surface area contributed by atoms with E-state index >= 15 is 0 Å². The molecule has 0 aliphatic rings. The Kier molecular flexibility index (Phi) is 7.00. The summed E-state index contributed by atoms with van der Waals surface area (Å²) in [7, 11) is 0. The summed E-state index contributed by atoms with van der Waals surface area (Å²) < 4.78 is 1.80. The summed E-state index contributed by atoms with van der Waals surface area (Å²) in [6.45, 7) is 5.92. The monoisotopic (exact) mass is 450 g/mol. The van der Waals surface area contributed by atoms with Gasteiger partial charge in [-0.15, -0.1) is 0 Å². The first-order chi connectivity index (χ1) is 15.7. The van der Waals surface area contributed by atoms with Gasteiger partial charge >= 0.3 is 0 Å². The zero-order chi connectivity index (χ0) is 22.3. The average Bonchev–Trinajstić information content (AvgIpc) is 3.46. The van der Waals surface area contributed by atoms with Crippen LogP contribution >= 0.6 is 11.8 Å². The molecule has 9 nitrogen and oxygen atoms in total. The van der Waals surface area contributed by atoms with Gasteiger partial charge in [0.2, 0.25) is 0 Å². The number of hydrogen-bond donors (Lipinski definition) is 3. The highest BCUT2D eigenvalue weighted by Gasteiger charge is 2.14. The zero-order valence-corrected chi connectivity index (χ0v) is 18.9. The predicted molar refractivity (Wildman–Crippen MR) is 127 cm³/mol. The first kappa shape index (κ1) is 21.8. The topological polar surface area (TPSA) is 113 Å². The summed E-state index contributed by atoms with van der Waals surface area (Å²) in [6.07, 6.45) is 2.78. The first-order valence-electron chi connectivity index (χ1n) is 10.7. The molecule has 0 aliphatic carbocycles. The third kappa shape index (κ3) is 4.91. The van der Waals surface area contributed by atoms with Crippen molar-refractivity contribution in [3.05, 3.63) is 48.3 Å². The Morgan fingerprint density at radius 1 is 1.16 bits per heavy atom. The molecule has 0 spiro atoms. The van der Waals surface area contributed by atoms with Crippen molar-refractivity contribution in [3.8, 4) is 11.3 Å². The van der Waals surface area contributed by atoms with Gasteiger partial charge in [0, 0.05) is 18.7 Å². The molecule has 3 heterocycles. The van der Waals surface area contributed by atoms with Crippen LogP contribution in [-0.4, -0.2) is 54.7 Å². The van der Waals surface area contributed by atoms with Gasteiger partial charge in [-0.2, -0.15) is 10.2 Å². The molecule has 4 aromatic rings. The molecule has 3 aromatic heterocycles. The number of carbonyl (C=O) groups excluding carboxylic acids is 1. The number of nitrogens with one attached hydrogen (secondary N) is 3. The zero-order valence-electron chi connectivity index (χ0n) is 18.1. The van der Waals surface area contributed by atoms with Gasteiger partial charge < -0.3 is 10.6 Å². The highest BCUT2D eigenvalue weighted by atomic mass is 32.2. The quantitative estimate of drug-likeness (QED) is 0.250. The summed E-state index contributed by atoms with van der Waals surface area (Å²) in [4.78, 5) is 21.8. The van der Waals surface area contributed by atoms with Gasteiger partial charge in [-0.3, -0.25) is 9.89 Å². The Morgan fingerprint density at radius 2 is 2.00 bits per heavy atom. The minimum atomic E-state index is -0.210. The Morgan fingerprint density at radius 3 is 2.78 bits per heavy atom. The van der Waals surface area contributed by atoms with Crippen LogP contribution in [0.3, 0.4) is 0 Å². The Labute approximate surface area is 190 Å². The first-order valence-corrected chi connectivity index (χ1v) is 11.7. The molecule has 32 heavy (non-hydrogen) atoms. The second-order valence-corrected chi connectivity index (χ2v) is 8.34. The van der Waals surface area contributed by atoms with Crippen LogP contribution in [0.1, 0.15) is 30.8 Å². The van der Waals surface area contributed by atoms with Crippen molar-refractivity contribution in [3.63, 3.8) is 0 Å². The largest absolute Gasteiger partial charge is 0.369 e. The maximum Gasteiger partial charge on any atom is 0.269 e. The lowest BCUT2D eigenvalue weighted by Crippen LogP contribution is -2.27. The lowest BCUT2D eigenvalue weighted by Gasteiger charge is -2.09. The van der Waals surface area contributed by atoms with Gasteiger partial charge in [0.1, 0.15) is 11.5 Å². The van der Waals surface area contributed by atoms with Crippen molar-refractivity contribution in [1.29, 1.82) is 0 Å². The van der Waals surface area contributed by atoms with Crippen LogP contribution in [0.5, 0.6) is 0 Å². The smallest absolute Gasteiger partial charge is 0.269 e. The molecule has 0 saturated heterocycles. The molecular formula is C22H26N8OS. The minimum absolute atomic E-state index is 0.210. The van der Waals surface area contributed by atoms with E-state index < -0.39 is 0 Å². The molecule has 166 valence electrons. The molecule has 10 heteroatoms. The van der Waals surface area contributed by atoms with E-state index in [0.717, 1.165) is 52.0 Å². The molecule has 0 atom stereocenters. The van der Waals surface area contributed by atoms with Crippen molar-refractivity contribution < 1.29 is 4.79 Å². The number of anilines is 1. The van der Waals surface area contributed by atoms with Gasteiger partial charge in [-0.25, -0.2) is 14.6 Å². The lowest BCUT2D eigenvalue weighted by atomic mass is 10.1. The number of rotatable bonds is 10. The van der Waals surface area contributed by atoms with Gasteiger partial charge in [0.25, 0.3) is 5.91 Å². The number of fused-ring (bicyclic) bond motifs is 1. The van der Waals surface area contributed by atoms with Crippen LogP contribution in [0.25, 0.3) is 22.3 Å². The molecule has 1 amide bonds. The van der Waals surface area contributed by atoms with Gasteiger partial charge in [-0.05, 0) is 18.2 Å². The number of nitrogens with zero attached hydrogens (tertiary/aromatic N) is 5. The number of aromatic nitrogens is 6. The second-order valence-electron chi connectivity index (χ2n) is 7.11. The molecule has 0 saturated carbocycles. The van der Waals surface area contributed by atoms with E-state index in [4.69, 9.17) is 0 Å². The van der Waals surface area contributed by atoms with Crippen molar-refractivity contribution >= 4 is 34.5 Å². The number of benzene rings is 1. The number of thioether (sulfide) groups is 1. The molecule has 0 bridgehead atoms. The summed E-state index contributed by atoms with van der Waals surface area (Å²) in [5.41, 5.74) is 2.87. The third-order valence-electron chi connectivity index (χ3n) is 4.79. The Balaban J connectivity index is 1.43. The third-order valence-corrected chi connectivity index (χ3v) is 5.52. The number of amides is 1. The van der Waals surface area contributed by atoms with E-state index in [-0.39, 0.29) is 5.91 Å². The molecular weight excluding hydrogens is 424 g/mol. The minimum Gasteiger partial charge on any atom is -0.369 e. The van der Waals surface area contributed by atoms with Crippen molar-refractivity contribution in [2.75, 3.05) is 24.2 Å². The number of hydrogen-bond acceptors (Lipinski definition) is 7. The number of H-pyrrole nitrogens is 1. The lowest BCUT2D eigenvalue weighted by molar-refractivity contribution is 0.0947. The molecule has 1 aromatic carbocycles. The number of aromatic amines is 1. The van der Waals surface area contributed by atoms with E-state index in [9.17, 15) is 4.79 Å².